The topological polar surface area (TPSA) is 9.72 Å². The molecule has 1 heterocycles. The number of anilines is 1. The second-order valence-electron chi connectivity index (χ2n) is 7.37. The fraction of sp³-hybridized carbons (Fsp3) is 0.684. The Kier molecular flexibility index (Phi) is 6.27. The highest BCUT2D eigenvalue weighted by Crippen LogP contribution is 2.19. The number of nitrogens with zero attached hydrogens (tertiary/aromatic N) is 3. The molecule has 0 aromatic heterocycles. The van der Waals surface area contributed by atoms with E-state index in [-0.39, 0.29) is 0 Å². The molecule has 1 aromatic carbocycles. The molecule has 0 radical (unpaired) electrons. The van der Waals surface area contributed by atoms with Crippen molar-refractivity contribution in [3.05, 3.63) is 29.8 Å². The first-order chi connectivity index (χ1) is 10.5. The van der Waals surface area contributed by atoms with Crippen molar-refractivity contribution in [1.29, 1.82) is 0 Å². The molecule has 3 nitrogen and oxygen atoms in total. The van der Waals surface area contributed by atoms with Crippen molar-refractivity contribution in [2.45, 2.75) is 40.3 Å². The predicted octanol–water partition coefficient (Wildman–Crippen LogP) is 3.30. The lowest BCUT2D eigenvalue weighted by molar-refractivity contribution is 0.209. The maximum Gasteiger partial charge on any atom is 0.0367 e. The molecule has 124 valence electrons. The Balaban J connectivity index is 1.87. The lowest BCUT2D eigenvalue weighted by Gasteiger charge is -2.38. The van der Waals surface area contributed by atoms with Crippen molar-refractivity contribution in [2.75, 3.05) is 44.7 Å². The molecule has 0 unspecified atom stereocenters. The summed E-state index contributed by atoms with van der Waals surface area (Å²) in [5, 5.41) is 0. The molecule has 0 saturated carbocycles. The maximum absolute atomic E-state index is 2.56. The van der Waals surface area contributed by atoms with Crippen LogP contribution in [0.1, 0.15) is 33.3 Å². The first-order valence-electron chi connectivity index (χ1n) is 8.72. The Morgan fingerprint density at radius 3 is 2.05 bits per heavy atom. The van der Waals surface area contributed by atoms with E-state index in [0.717, 1.165) is 32.1 Å². The minimum atomic E-state index is 0.668. The largest absolute Gasteiger partial charge is 0.369 e. The standard InChI is InChI=1S/C19H33N3/c1-16(2)14-20(5)15-18-6-8-19(9-7-18)22-12-10-21(11-13-22)17(3)4/h6-9,16-17H,10-15H2,1-5H3. The van der Waals surface area contributed by atoms with Crippen LogP contribution in [-0.4, -0.2) is 55.6 Å². The Hall–Kier alpha value is -1.06. The summed E-state index contributed by atoms with van der Waals surface area (Å²) in [5.74, 6) is 0.724. The summed E-state index contributed by atoms with van der Waals surface area (Å²) in [4.78, 5) is 7.48. The molecule has 0 atom stereocenters. The summed E-state index contributed by atoms with van der Waals surface area (Å²) in [5.41, 5.74) is 2.78. The average Bonchev–Trinajstić information content (AvgIpc) is 2.47. The molecule has 1 aromatic rings. The minimum absolute atomic E-state index is 0.668. The summed E-state index contributed by atoms with van der Waals surface area (Å²) in [6.45, 7) is 16.0. The van der Waals surface area contributed by atoms with Gasteiger partial charge >= 0.3 is 0 Å². The summed E-state index contributed by atoms with van der Waals surface area (Å²) < 4.78 is 0. The van der Waals surface area contributed by atoms with Gasteiger partial charge in [0, 0.05) is 51.0 Å². The molecule has 1 saturated heterocycles. The third kappa shape index (κ3) is 4.99. The van der Waals surface area contributed by atoms with Gasteiger partial charge in [-0.1, -0.05) is 26.0 Å². The Bertz CT molecular complexity index is 430. The van der Waals surface area contributed by atoms with Gasteiger partial charge in [-0.15, -0.1) is 0 Å². The molecule has 0 bridgehead atoms. The van der Waals surface area contributed by atoms with E-state index in [1.54, 1.807) is 0 Å². The number of rotatable bonds is 6. The fourth-order valence-corrected chi connectivity index (χ4v) is 3.31. The second-order valence-corrected chi connectivity index (χ2v) is 7.37. The van der Waals surface area contributed by atoms with Crippen molar-refractivity contribution in [2.24, 2.45) is 5.92 Å². The van der Waals surface area contributed by atoms with Gasteiger partial charge in [-0.2, -0.15) is 0 Å². The van der Waals surface area contributed by atoms with Crippen LogP contribution in [0.3, 0.4) is 0 Å². The van der Waals surface area contributed by atoms with Crippen LogP contribution in [0, 0.1) is 5.92 Å². The molecule has 0 aliphatic carbocycles. The van der Waals surface area contributed by atoms with Crippen molar-refractivity contribution < 1.29 is 0 Å². The predicted molar refractivity (Wildman–Crippen MR) is 96.5 cm³/mol. The van der Waals surface area contributed by atoms with Gasteiger partial charge in [-0.3, -0.25) is 4.90 Å². The normalized spacial score (nSPS) is 17.0. The van der Waals surface area contributed by atoms with Gasteiger partial charge < -0.3 is 9.80 Å². The Morgan fingerprint density at radius 1 is 0.955 bits per heavy atom. The molecule has 0 N–H and O–H groups in total. The van der Waals surface area contributed by atoms with Crippen LogP contribution in [0.25, 0.3) is 0 Å². The smallest absolute Gasteiger partial charge is 0.0367 e. The lowest BCUT2D eigenvalue weighted by atomic mass is 10.1. The Labute approximate surface area is 136 Å². The highest BCUT2D eigenvalue weighted by atomic mass is 15.3. The highest BCUT2D eigenvalue weighted by Gasteiger charge is 2.18. The van der Waals surface area contributed by atoms with E-state index in [1.807, 2.05) is 0 Å². The second kappa shape index (κ2) is 7.98. The first kappa shape index (κ1) is 17.3. The zero-order valence-electron chi connectivity index (χ0n) is 15.0. The van der Waals surface area contributed by atoms with Crippen LogP contribution in [-0.2, 0) is 6.54 Å². The molecule has 2 rings (SSSR count). The van der Waals surface area contributed by atoms with Gasteiger partial charge in [0.1, 0.15) is 0 Å². The minimum Gasteiger partial charge on any atom is -0.369 e. The highest BCUT2D eigenvalue weighted by molar-refractivity contribution is 5.48. The molecular formula is C19H33N3. The third-order valence-electron chi connectivity index (χ3n) is 4.48. The van der Waals surface area contributed by atoms with E-state index in [0.29, 0.717) is 6.04 Å². The maximum atomic E-state index is 2.56. The van der Waals surface area contributed by atoms with Gasteiger partial charge in [-0.05, 0) is 44.5 Å². The zero-order chi connectivity index (χ0) is 16.1. The van der Waals surface area contributed by atoms with E-state index < -0.39 is 0 Å². The molecule has 22 heavy (non-hydrogen) atoms. The van der Waals surface area contributed by atoms with Crippen molar-refractivity contribution in [3.63, 3.8) is 0 Å². The summed E-state index contributed by atoms with van der Waals surface area (Å²) in [6, 6.07) is 9.84. The van der Waals surface area contributed by atoms with Gasteiger partial charge in [0.05, 0.1) is 0 Å². The number of benzene rings is 1. The summed E-state index contributed by atoms with van der Waals surface area (Å²) in [7, 11) is 2.21. The van der Waals surface area contributed by atoms with Crippen LogP contribution in [0.5, 0.6) is 0 Å². The number of hydrogen-bond acceptors (Lipinski definition) is 3. The number of hydrogen-bond donors (Lipinski definition) is 0. The zero-order valence-corrected chi connectivity index (χ0v) is 15.0. The number of piperazine rings is 1. The van der Waals surface area contributed by atoms with E-state index in [9.17, 15) is 0 Å². The molecule has 1 aliphatic heterocycles. The fourth-order valence-electron chi connectivity index (χ4n) is 3.31. The average molecular weight is 303 g/mol. The van der Waals surface area contributed by atoms with Gasteiger partial charge in [0.15, 0.2) is 0 Å². The van der Waals surface area contributed by atoms with Crippen molar-refractivity contribution in [3.8, 4) is 0 Å². The van der Waals surface area contributed by atoms with E-state index >= 15 is 0 Å². The van der Waals surface area contributed by atoms with Gasteiger partial charge in [0.25, 0.3) is 0 Å². The van der Waals surface area contributed by atoms with E-state index in [1.165, 1.54) is 24.3 Å². The first-order valence-corrected chi connectivity index (χ1v) is 8.72. The van der Waals surface area contributed by atoms with Gasteiger partial charge in [-0.25, -0.2) is 0 Å². The van der Waals surface area contributed by atoms with Crippen LogP contribution in [0.2, 0.25) is 0 Å². The van der Waals surface area contributed by atoms with E-state index in [2.05, 4.69) is 73.7 Å². The van der Waals surface area contributed by atoms with E-state index in [4.69, 9.17) is 0 Å². The quantitative estimate of drug-likeness (QED) is 0.798. The summed E-state index contributed by atoms with van der Waals surface area (Å²) >= 11 is 0. The molecule has 0 spiro atoms. The molecule has 3 heteroatoms. The van der Waals surface area contributed by atoms with Gasteiger partial charge in [0.2, 0.25) is 0 Å². The van der Waals surface area contributed by atoms with Crippen molar-refractivity contribution >= 4 is 5.69 Å². The third-order valence-corrected chi connectivity index (χ3v) is 4.48. The molecule has 1 fully saturated rings. The van der Waals surface area contributed by atoms with Crippen molar-refractivity contribution in [1.82, 2.24) is 9.80 Å². The molecule has 0 amide bonds. The van der Waals surface area contributed by atoms with Crippen LogP contribution >= 0.6 is 0 Å². The molecular weight excluding hydrogens is 270 g/mol. The Morgan fingerprint density at radius 2 is 1.55 bits per heavy atom. The SMILES string of the molecule is CC(C)CN(C)Cc1ccc(N2CCN(C(C)C)CC2)cc1. The van der Waals surface area contributed by atoms with Crippen LogP contribution in [0.15, 0.2) is 24.3 Å². The summed E-state index contributed by atoms with van der Waals surface area (Å²) in [6.07, 6.45) is 0. The lowest BCUT2D eigenvalue weighted by Crippen LogP contribution is -2.48. The van der Waals surface area contributed by atoms with Crippen LogP contribution < -0.4 is 4.90 Å². The van der Waals surface area contributed by atoms with Crippen LogP contribution in [0.4, 0.5) is 5.69 Å². The monoisotopic (exact) mass is 303 g/mol. The molecule has 1 aliphatic rings.